The fraction of sp³-hybridized carbons (Fsp3) is 0.333. The predicted octanol–water partition coefficient (Wildman–Crippen LogP) is 2.86. The van der Waals surface area contributed by atoms with Crippen LogP contribution in [0.15, 0.2) is 28.9 Å². The molecule has 0 fully saturated rings. The molecule has 0 bridgehead atoms. The quantitative estimate of drug-likeness (QED) is 0.876. The third kappa shape index (κ3) is 2.68. The van der Waals surface area contributed by atoms with Crippen LogP contribution in [0, 0.1) is 0 Å². The van der Waals surface area contributed by atoms with E-state index in [9.17, 15) is 4.79 Å². The molecule has 1 aromatic carbocycles. The largest absolute Gasteiger partial charge is 0.486 e. The van der Waals surface area contributed by atoms with Crippen molar-refractivity contribution in [2.45, 2.75) is 19.3 Å². The highest BCUT2D eigenvalue weighted by atomic mass is 79.9. The molecule has 116 valence electrons. The summed E-state index contributed by atoms with van der Waals surface area (Å²) in [5, 5.41) is 9.43. The third-order valence-electron chi connectivity index (χ3n) is 3.66. The average molecular weight is 366 g/mol. The van der Waals surface area contributed by atoms with E-state index in [1.54, 1.807) is 6.20 Å². The minimum atomic E-state index is -0.736. The molecule has 1 aliphatic heterocycles. The van der Waals surface area contributed by atoms with E-state index < -0.39 is 5.41 Å². The number of aromatic amines is 1. The lowest BCUT2D eigenvalue weighted by molar-refractivity contribution is -0.120. The van der Waals surface area contributed by atoms with Crippen LogP contribution in [0.1, 0.15) is 19.4 Å². The molecule has 2 heterocycles. The van der Waals surface area contributed by atoms with E-state index in [4.69, 9.17) is 9.47 Å². The van der Waals surface area contributed by atoms with Gasteiger partial charge in [-0.25, -0.2) is 0 Å². The number of aromatic nitrogens is 2. The van der Waals surface area contributed by atoms with Crippen molar-refractivity contribution in [3.8, 4) is 11.5 Å². The third-order valence-corrected chi connectivity index (χ3v) is 4.26. The molecule has 2 aromatic rings. The van der Waals surface area contributed by atoms with E-state index in [0.717, 1.165) is 5.56 Å². The summed E-state index contributed by atoms with van der Waals surface area (Å²) in [6.45, 7) is 4.78. The summed E-state index contributed by atoms with van der Waals surface area (Å²) in [5.41, 5.74) is 0.116. The Hall–Kier alpha value is -2.02. The van der Waals surface area contributed by atoms with Crippen LogP contribution in [0.3, 0.4) is 0 Å². The van der Waals surface area contributed by atoms with E-state index in [1.165, 1.54) is 0 Å². The van der Waals surface area contributed by atoms with E-state index in [-0.39, 0.29) is 5.91 Å². The Bertz CT molecular complexity index is 712. The molecule has 0 saturated carbocycles. The molecule has 0 atom stereocenters. The summed E-state index contributed by atoms with van der Waals surface area (Å²) in [4.78, 5) is 12.6. The number of carbonyl (C=O) groups excluding carboxylic acids is 1. The highest BCUT2D eigenvalue weighted by molar-refractivity contribution is 9.10. The van der Waals surface area contributed by atoms with Gasteiger partial charge in [-0.2, -0.15) is 5.10 Å². The Morgan fingerprint density at radius 2 is 2.05 bits per heavy atom. The molecule has 1 aromatic heterocycles. The summed E-state index contributed by atoms with van der Waals surface area (Å²) in [6.07, 6.45) is 1.59. The maximum absolute atomic E-state index is 12.6. The molecule has 0 saturated heterocycles. The number of nitrogens with zero attached hydrogens (tertiary/aromatic N) is 1. The summed E-state index contributed by atoms with van der Waals surface area (Å²) < 4.78 is 11.8. The van der Waals surface area contributed by atoms with Crippen molar-refractivity contribution in [3.63, 3.8) is 0 Å². The molecule has 2 N–H and O–H groups in total. The van der Waals surface area contributed by atoms with Gasteiger partial charge in [-0.3, -0.25) is 9.89 Å². The number of halogens is 1. The van der Waals surface area contributed by atoms with Gasteiger partial charge < -0.3 is 14.8 Å². The van der Waals surface area contributed by atoms with Crippen molar-refractivity contribution in [2.75, 3.05) is 18.5 Å². The minimum Gasteiger partial charge on any atom is -0.486 e. The number of ether oxygens (including phenoxy) is 2. The van der Waals surface area contributed by atoms with Crippen LogP contribution in [0.2, 0.25) is 0 Å². The molecule has 22 heavy (non-hydrogen) atoms. The number of nitrogens with one attached hydrogen (secondary N) is 2. The number of H-pyrrole nitrogens is 1. The Balaban J connectivity index is 1.85. The molecule has 3 rings (SSSR count). The standard InChI is InChI=1S/C15H16BrN3O3/c1-15(2,14(20)18-13-10(16)8-17-19-13)9-3-4-11-12(7-9)22-6-5-21-11/h3-4,7-8H,5-6H2,1-2H3,(H2,17,18,19,20). The van der Waals surface area contributed by atoms with E-state index >= 15 is 0 Å². The van der Waals surface area contributed by atoms with Crippen LogP contribution in [0.5, 0.6) is 11.5 Å². The Kier molecular flexibility index (Phi) is 3.82. The first kappa shape index (κ1) is 14.9. The number of anilines is 1. The molecule has 0 spiro atoms. The lowest BCUT2D eigenvalue weighted by Gasteiger charge is -2.26. The first-order valence-electron chi connectivity index (χ1n) is 6.89. The SMILES string of the molecule is CC(C)(C(=O)Nc1[nH]ncc1Br)c1ccc2c(c1)OCCO2. The first-order chi connectivity index (χ1) is 10.5. The summed E-state index contributed by atoms with van der Waals surface area (Å²) >= 11 is 3.32. The van der Waals surface area contributed by atoms with Crippen molar-refractivity contribution in [1.29, 1.82) is 0 Å². The predicted molar refractivity (Wildman–Crippen MR) is 85.4 cm³/mol. The van der Waals surface area contributed by atoms with Crippen LogP contribution < -0.4 is 14.8 Å². The molecule has 1 aliphatic rings. The van der Waals surface area contributed by atoms with Crippen LogP contribution >= 0.6 is 15.9 Å². The minimum absolute atomic E-state index is 0.144. The lowest BCUT2D eigenvalue weighted by atomic mass is 9.83. The fourth-order valence-corrected chi connectivity index (χ4v) is 2.48. The average Bonchev–Trinajstić information content (AvgIpc) is 2.92. The van der Waals surface area contributed by atoms with Gasteiger partial charge in [0.2, 0.25) is 5.91 Å². The van der Waals surface area contributed by atoms with Crippen LogP contribution in [-0.2, 0) is 10.2 Å². The molecular weight excluding hydrogens is 350 g/mol. The summed E-state index contributed by atoms with van der Waals surface area (Å²) in [5.74, 6) is 1.78. The zero-order valence-electron chi connectivity index (χ0n) is 12.3. The maximum atomic E-state index is 12.6. The van der Waals surface area contributed by atoms with Crippen molar-refractivity contribution in [3.05, 3.63) is 34.4 Å². The van der Waals surface area contributed by atoms with Crippen LogP contribution in [-0.4, -0.2) is 29.3 Å². The van der Waals surface area contributed by atoms with Gasteiger partial charge in [0.1, 0.15) is 19.0 Å². The van der Waals surface area contributed by atoms with Gasteiger partial charge in [0, 0.05) is 0 Å². The molecule has 0 aliphatic carbocycles. The number of hydrogen-bond acceptors (Lipinski definition) is 4. The van der Waals surface area contributed by atoms with Crippen LogP contribution in [0.25, 0.3) is 0 Å². The smallest absolute Gasteiger partial charge is 0.235 e. The molecular formula is C15H16BrN3O3. The first-order valence-corrected chi connectivity index (χ1v) is 7.68. The highest BCUT2D eigenvalue weighted by Gasteiger charge is 2.31. The molecule has 6 nitrogen and oxygen atoms in total. The van der Waals surface area contributed by atoms with Gasteiger partial charge in [0.25, 0.3) is 0 Å². The van der Waals surface area contributed by atoms with Gasteiger partial charge in [-0.15, -0.1) is 0 Å². The van der Waals surface area contributed by atoms with Crippen LogP contribution in [0.4, 0.5) is 5.82 Å². The number of carbonyl (C=O) groups is 1. The molecule has 0 radical (unpaired) electrons. The second-order valence-corrected chi connectivity index (χ2v) is 6.38. The normalized spacial score (nSPS) is 13.8. The van der Waals surface area contributed by atoms with E-state index in [0.29, 0.717) is 35.0 Å². The van der Waals surface area contributed by atoms with Crippen molar-refractivity contribution in [2.24, 2.45) is 0 Å². The number of amides is 1. The Morgan fingerprint density at radius 3 is 2.73 bits per heavy atom. The summed E-state index contributed by atoms with van der Waals surface area (Å²) in [6, 6.07) is 5.58. The zero-order valence-corrected chi connectivity index (χ0v) is 13.9. The molecule has 0 unspecified atom stereocenters. The van der Waals surface area contributed by atoms with Crippen molar-refractivity contribution >= 4 is 27.7 Å². The zero-order chi connectivity index (χ0) is 15.7. The Labute approximate surface area is 136 Å². The second kappa shape index (κ2) is 5.64. The monoisotopic (exact) mass is 365 g/mol. The maximum Gasteiger partial charge on any atom is 0.235 e. The summed E-state index contributed by atoms with van der Waals surface area (Å²) in [7, 11) is 0. The second-order valence-electron chi connectivity index (χ2n) is 5.53. The van der Waals surface area contributed by atoms with E-state index in [1.807, 2.05) is 32.0 Å². The molecule has 7 heteroatoms. The fourth-order valence-electron chi connectivity index (χ4n) is 2.19. The lowest BCUT2D eigenvalue weighted by Crippen LogP contribution is -2.35. The van der Waals surface area contributed by atoms with Crippen molar-refractivity contribution in [1.82, 2.24) is 10.2 Å². The number of rotatable bonds is 3. The van der Waals surface area contributed by atoms with Gasteiger partial charge in [0.05, 0.1) is 16.1 Å². The topological polar surface area (TPSA) is 76.2 Å². The van der Waals surface area contributed by atoms with Crippen molar-refractivity contribution < 1.29 is 14.3 Å². The van der Waals surface area contributed by atoms with Gasteiger partial charge in [0.15, 0.2) is 11.5 Å². The Morgan fingerprint density at radius 1 is 1.32 bits per heavy atom. The molecule has 1 amide bonds. The number of hydrogen-bond donors (Lipinski definition) is 2. The van der Waals surface area contributed by atoms with Gasteiger partial charge in [-0.05, 0) is 47.5 Å². The number of benzene rings is 1. The van der Waals surface area contributed by atoms with E-state index in [2.05, 4.69) is 31.4 Å². The van der Waals surface area contributed by atoms with Gasteiger partial charge in [-0.1, -0.05) is 6.07 Å². The highest BCUT2D eigenvalue weighted by Crippen LogP contribution is 2.35. The van der Waals surface area contributed by atoms with Gasteiger partial charge >= 0.3 is 0 Å². The number of fused-ring (bicyclic) bond motifs is 1.